The molecule has 1 aromatic heterocycles. The molecule has 0 aliphatic rings. The van der Waals surface area contributed by atoms with Crippen molar-refractivity contribution < 1.29 is 9.53 Å². The first-order valence-electron chi connectivity index (χ1n) is 6.13. The van der Waals surface area contributed by atoms with Gasteiger partial charge in [-0.15, -0.1) is 0 Å². The number of hydrogen-bond donors (Lipinski definition) is 1. The molecular formula is C14H17N3O2. The van der Waals surface area contributed by atoms with E-state index in [4.69, 9.17) is 4.74 Å². The third-order valence-corrected chi connectivity index (χ3v) is 2.71. The van der Waals surface area contributed by atoms with E-state index in [0.717, 1.165) is 5.56 Å². The van der Waals surface area contributed by atoms with E-state index in [1.54, 1.807) is 13.3 Å². The fraction of sp³-hybridized carbons (Fsp3) is 0.286. The van der Waals surface area contributed by atoms with Crippen molar-refractivity contribution in [2.24, 2.45) is 0 Å². The van der Waals surface area contributed by atoms with Gasteiger partial charge in [-0.2, -0.15) is 5.10 Å². The zero-order valence-electron chi connectivity index (χ0n) is 10.9. The number of methoxy groups -OCH3 is 1. The largest absolute Gasteiger partial charge is 0.383 e. The number of nitrogens with one attached hydrogen (secondary N) is 1. The molecule has 2 rings (SSSR count). The number of carbonyl (C=O) groups is 1. The SMILES string of the molecule is COCCNC(=O)c1ccc(Cn2cccn2)cc1. The molecule has 0 bridgehead atoms. The molecule has 0 spiro atoms. The van der Waals surface area contributed by atoms with Crippen molar-refractivity contribution in [3.63, 3.8) is 0 Å². The first-order valence-corrected chi connectivity index (χ1v) is 6.13. The Kier molecular flexibility index (Phi) is 4.69. The maximum absolute atomic E-state index is 11.8. The molecule has 1 aromatic carbocycles. The van der Waals surface area contributed by atoms with Gasteiger partial charge in [0.15, 0.2) is 0 Å². The second-order valence-electron chi connectivity index (χ2n) is 4.15. The van der Waals surface area contributed by atoms with Crippen LogP contribution in [0.15, 0.2) is 42.7 Å². The van der Waals surface area contributed by atoms with Gasteiger partial charge in [0.05, 0.1) is 13.2 Å². The summed E-state index contributed by atoms with van der Waals surface area (Å²) in [5.74, 6) is -0.0808. The summed E-state index contributed by atoms with van der Waals surface area (Å²) in [5.41, 5.74) is 1.76. The summed E-state index contributed by atoms with van der Waals surface area (Å²) in [6, 6.07) is 9.40. The molecule has 0 unspecified atom stereocenters. The van der Waals surface area contributed by atoms with E-state index in [1.165, 1.54) is 0 Å². The van der Waals surface area contributed by atoms with E-state index in [9.17, 15) is 4.79 Å². The van der Waals surface area contributed by atoms with Crippen LogP contribution in [-0.4, -0.2) is 35.9 Å². The fourth-order valence-corrected chi connectivity index (χ4v) is 1.71. The quantitative estimate of drug-likeness (QED) is 0.796. The summed E-state index contributed by atoms with van der Waals surface area (Å²) < 4.78 is 6.72. The molecule has 5 heteroatoms. The van der Waals surface area contributed by atoms with Crippen molar-refractivity contribution in [1.82, 2.24) is 15.1 Å². The highest BCUT2D eigenvalue weighted by atomic mass is 16.5. The second-order valence-corrected chi connectivity index (χ2v) is 4.15. The minimum atomic E-state index is -0.0808. The predicted molar refractivity (Wildman–Crippen MR) is 72.0 cm³/mol. The summed E-state index contributed by atoms with van der Waals surface area (Å²) in [4.78, 5) is 11.8. The Balaban J connectivity index is 1.92. The normalized spacial score (nSPS) is 10.4. The second kappa shape index (κ2) is 6.70. The lowest BCUT2D eigenvalue weighted by Crippen LogP contribution is -2.26. The van der Waals surface area contributed by atoms with Gasteiger partial charge < -0.3 is 10.1 Å². The molecule has 0 saturated carbocycles. The summed E-state index contributed by atoms with van der Waals surface area (Å²) in [6.07, 6.45) is 3.66. The monoisotopic (exact) mass is 259 g/mol. The Bertz CT molecular complexity index is 506. The van der Waals surface area contributed by atoms with Crippen molar-refractivity contribution in [3.8, 4) is 0 Å². The van der Waals surface area contributed by atoms with Gasteiger partial charge in [0.1, 0.15) is 0 Å². The zero-order valence-corrected chi connectivity index (χ0v) is 10.9. The number of carbonyl (C=O) groups excluding carboxylic acids is 1. The molecule has 1 N–H and O–H groups in total. The van der Waals surface area contributed by atoms with Gasteiger partial charge in [-0.25, -0.2) is 0 Å². The van der Waals surface area contributed by atoms with Crippen LogP contribution in [0.2, 0.25) is 0 Å². The summed E-state index contributed by atoms with van der Waals surface area (Å²) in [6.45, 7) is 1.74. The maximum Gasteiger partial charge on any atom is 0.251 e. The number of rotatable bonds is 6. The summed E-state index contributed by atoms with van der Waals surface area (Å²) in [5, 5.41) is 6.93. The van der Waals surface area contributed by atoms with Gasteiger partial charge in [-0.1, -0.05) is 12.1 Å². The van der Waals surface area contributed by atoms with Gasteiger partial charge in [-0.3, -0.25) is 9.48 Å². The number of ether oxygens (including phenoxy) is 1. The Morgan fingerprint density at radius 1 is 1.37 bits per heavy atom. The van der Waals surface area contributed by atoms with Gasteiger partial charge in [-0.05, 0) is 23.8 Å². The van der Waals surface area contributed by atoms with Gasteiger partial charge in [0.2, 0.25) is 0 Å². The van der Waals surface area contributed by atoms with Crippen LogP contribution in [0.25, 0.3) is 0 Å². The molecule has 5 nitrogen and oxygen atoms in total. The maximum atomic E-state index is 11.8. The summed E-state index contributed by atoms with van der Waals surface area (Å²) >= 11 is 0. The highest BCUT2D eigenvalue weighted by Gasteiger charge is 2.04. The lowest BCUT2D eigenvalue weighted by atomic mass is 10.1. The van der Waals surface area contributed by atoms with Gasteiger partial charge >= 0.3 is 0 Å². The Morgan fingerprint density at radius 2 is 2.16 bits per heavy atom. The number of nitrogens with zero attached hydrogens (tertiary/aromatic N) is 2. The lowest BCUT2D eigenvalue weighted by Gasteiger charge is -2.06. The number of benzene rings is 1. The van der Waals surface area contributed by atoms with Gasteiger partial charge in [0.25, 0.3) is 5.91 Å². The van der Waals surface area contributed by atoms with Crippen molar-refractivity contribution in [1.29, 1.82) is 0 Å². The average molecular weight is 259 g/mol. The molecule has 2 aromatic rings. The number of aromatic nitrogens is 2. The third-order valence-electron chi connectivity index (χ3n) is 2.71. The first kappa shape index (κ1) is 13.3. The average Bonchev–Trinajstić information content (AvgIpc) is 2.93. The fourth-order valence-electron chi connectivity index (χ4n) is 1.71. The molecule has 0 aliphatic heterocycles. The Morgan fingerprint density at radius 3 is 2.79 bits per heavy atom. The Labute approximate surface area is 112 Å². The molecule has 0 atom stereocenters. The topological polar surface area (TPSA) is 56.1 Å². The molecule has 19 heavy (non-hydrogen) atoms. The minimum absolute atomic E-state index is 0.0808. The van der Waals surface area contributed by atoms with E-state index in [-0.39, 0.29) is 5.91 Å². The van der Waals surface area contributed by atoms with Crippen LogP contribution in [0.3, 0.4) is 0 Å². The number of amides is 1. The van der Waals surface area contributed by atoms with Crippen LogP contribution in [0.1, 0.15) is 15.9 Å². The number of hydrogen-bond acceptors (Lipinski definition) is 3. The summed E-state index contributed by atoms with van der Waals surface area (Å²) in [7, 11) is 1.61. The zero-order chi connectivity index (χ0) is 13.5. The molecule has 1 heterocycles. The highest BCUT2D eigenvalue weighted by molar-refractivity contribution is 5.94. The van der Waals surface area contributed by atoms with Crippen LogP contribution < -0.4 is 5.32 Å². The van der Waals surface area contributed by atoms with E-state index in [0.29, 0.717) is 25.3 Å². The van der Waals surface area contributed by atoms with Crippen LogP contribution >= 0.6 is 0 Å². The predicted octanol–water partition coefficient (Wildman–Crippen LogP) is 1.31. The van der Waals surface area contributed by atoms with Crippen molar-refractivity contribution in [2.75, 3.05) is 20.3 Å². The van der Waals surface area contributed by atoms with Crippen LogP contribution in [0.5, 0.6) is 0 Å². The van der Waals surface area contributed by atoms with E-state index in [1.807, 2.05) is 41.2 Å². The van der Waals surface area contributed by atoms with Crippen LogP contribution in [0.4, 0.5) is 0 Å². The van der Waals surface area contributed by atoms with Crippen molar-refractivity contribution >= 4 is 5.91 Å². The highest BCUT2D eigenvalue weighted by Crippen LogP contribution is 2.06. The molecule has 1 amide bonds. The minimum Gasteiger partial charge on any atom is -0.383 e. The molecule has 0 fully saturated rings. The smallest absolute Gasteiger partial charge is 0.251 e. The van der Waals surface area contributed by atoms with Crippen molar-refractivity contribution in [3.05, 3.63) is 53.9 Å². The van der Waals surface area contributed by atoms with Crippen molar-refractivity contribution in [2.45, 2.75) is 6.54 Å². The third kappa shape index (κ3) is 3.93. The molecule has 100 valence electrons. The van der Waals surface area contributed by atoms with Gasteiger partial charge in [0, 0.05) is 31.6 Å². The molecule has 0 aliphatic carbocycles. The van der Waals surface area contributed by atoms with E-state index >= 15 is 0 Å². The van der Waals surface area contributed by atoms with Crippen LogP contribution in [-0.2, 0) is 11.3 Å². The standard InChI is InChI=1S/C14H17N3O2/c1-19-10-8-15-14(18)13-5-3-12(4-6-13)11-17-9-2-7-16-17/h2-7,9H,8,10-11H2,1H3,(H,15,18). The van der Waals surface area contributed by atoms with Crippen LogP contribution in [0, 0.1) is 0 Å². The molecule has 0 radical (unpaired) electrons. The lowest BCUT2D eigenvalue weighted by molar-refractivity contribution is 0.0937. The molecule has 0 saturated heterocycles. The van der Waals surface area contributed by atoms with E-state index in [2.05, 4.69) is 10.4 Å². The molecular weight excluding hydrogens is 242 g/mol. The Hall–Kier alpha value is -2.14. The first-order chi connectivity index (χ1) is 9.29. The van der Waals surface area contributed by atoms with E-state index < -0.39 is 0 Å².